The number of rotatable bonds is 1. The van der Waals surface area contributed by atoms with Crippen LogP contribution in [0.1, 0.15) is 5.69 Å². The first kappa shape index (κ1) is 9.35. The number of nitrogens with zero attached hydrogens (tertiary/aromatic N) is 3. The summed E-state index contributed by atoms with van der Waals surface area (Å²) in [5.74, 6) is 2.36. The van der Waals surface area contributed by atoms with Crippen molar-refractivity contribution in [3.8, 4) is 6.07 Å². The van der Waals surface area contributed by atoms with E-state index in [2.05, 4.69) is 9.88 Å². The van der Waals surface area contributed by atoms with Crippen molar-refractivity contribution in [3.63, 3.8) is 0 Å². The van der Waals surface area contributed by atoms with Crippen LogP contribution in [0.25, 0.3) is 0 Å². The first-order valence-corrected chi connectivity index (χ1v) is 5.74. The highest BCUT2D eigenvalue weighted by Gasteiger charge is 2.10. The quantitative estimate of drug-likeness (QED) is 0.696. The minimum absolute atomic E-state index is 0.486. The summed E-state index contributed by atoms with van der Waals surface area (Å²) in [6, 6.07) is 5.77. The van der Waals surface area contributed by atoms with Crippen LogP contribution in [0.4, 0.5) is 5.69 Å². The van der Waals surface area contributed by atoms with E-state index in [1.807, 2.05) is 23.9 Å². The highest BCUT2D eigenvalue weighted by atomic mass is 32.2. The van der Waals surface area contributed by atoms with E-state index in [0.29, 0.717) is 5.69 Å². The Kier molecular flexibility index (Phi) is 2.90. The van der Waals surface area contributed by atoms with Crippen LogP contribution in [0, 0.1) is 11.3 Å². The molecule has 0 N–H and O–H groups in total. The fraction of sp³-hybridized carbons (Fsp3) is 0.400. The summed E-state index contributed by atoms with van der Waals surface area (Å²) in [4.78, 5) is 6.37. The topological polar surface area (TPSA) is 39.9 Å². The van der Waals surface area contributed by atoms with Gasteiger partial charge in [-0.15, -0.1) is 0 Å². The van der Waals surface area contributed by atoms with E-state index in [-0.39, 0.29) is 0 Å². The molecule has 0 radical (unpaired) electrons. The van der Waals surface area contributed by atoms with Crippen molar-refractivity contribution in [2.75, 3.05) is 29.5 Å². The third kappa shape index (κ3) is 1.99. The molecule has 0 saturated carbocycles. The van der Waals surface area contributed by atoms with Gasteiger partial charge in [-0.3, -0.25) is 0 Å². The van der Waals surface area contributed by atoms with E-state index < -0.39 is 0 Å². The molecule has 72 valence electrons. The Bertz CT molecular complexity index is 335. The lowest BCUT2D eigenvalue weighted by Crippen LogP contribution is -2.32. The third-order valence-corrected chi connectivity index (χ3v) is 3.18. The summed E-state index contributed by atoms with van der Waals surface area (Å²) in [6.45, 7) is 2.16. The van der Waals surface area contributed by atoms with Gasteiger partial charge in [0.1, 0.15) is 11.8 Å². The highest BCUT2D eigenvalue weighted by Crippen LogP contribution is 2.18. The van der Waals surface area contributed by atoms with Crippen LogP contribution < -0.4 is 4.90 Å². The summed E-state index contributed by atoms with van der Waals surface area (Å²) in [6.07, 6.45) is 1.79. The Hall–Kier alpha value is -1.21. The molecule has 1 aliphatic heterocycles. The lowest BCUT2D eigenvalue weighted by molar-refractivity contribution is 0.855. The third-order valence-electron chi connectivity index (χ3n) is 2.24. The van der Waals surface area contributed by atoms with Crippen molar-refractivity contribution >= 4 is 17.4 Å². The van der Waals surface area contributed by atoms with E-state index in [0.717, 1.165) is 18.8 Å². The molecule has 1 aromatic rings. The predicted octanol–water partition coefficient (Wildman–Crippen LogP) is 1.51. The lowest BCUT2D eigenvalue weighted by atomic mass is 10.3. The second-order valence-electron chi connectivity index (χ2n) is 3.11. The average molecular weight is 205 g/mol. The first-order valence-electron chi connectivity index (χ1n) is 4.59. The number of aromatic nitrogens is 1. The molecule has 0 aromatic carbocycles. The Balaban J connectivity index is 2.12. The fourth-order valence-electron chi connectivity index (χ4n) is 1.46. The van der Waals surface area contributed by atoms with Crippen molar-refractivity contribution in [1.29, 1.82) is 5.26 Å². The molecule has 0 unspecified atom stereocenters. The molecular weight excluding hydrogens is 194 g/mol. The van der Waals surface area contributed by atoms with Crippen LogP contribution in [0.3, 0.4) is 0 Å². The number of hydrogen-bond donors (Lipinski definition) is 0. The maximum Gasteiger partial charge on any atom is 0.140 e. The van der Waals surface area contributed by atoms with Crippen LogP contribution >= 0.6 is 11.8 Å². The van der Waals surface area contributed by atoms with Gasteiger partial charge in [0.05, 0.1) is 11.9 Å². The minimum Gasteiger partial charge on any atom is -0.369 e. The van der Waals surface area contributed by atoms with Gasteiger partial charge >= 0.3 is 0 Å². The van der Waals surface area contributed by atoms with E-state index in [1.165, 1.54) is 11.5 Å². The summed E-state index contributed by atoms with van der Waals surface area (Å²) in [7, 11) is 0. The molecule has 0 spiro atoms. The summed E-state index contributed by atoms with van der Waals surface area (Å²) >= 11 is 1.99. The molecule has 0 atom stereocenters. The SMILES string of the molecule is N#Cc1ccc(N2CCSCC2)cn1. The van der Waals surface area contributed by atoms with Crippen molar-refractivity contribution in [1.82, 2.24) is 4.98 Å². The number of anilines is 1. The monoisotopic (exact) mass is 205 g/mol. The average Bonchev–Trinajstić information content (AvgIpc) is 2.30. The molecule has 4 heteroatoms. The second-order valence-corrected chi connectivity index (χ2v) is 4.34. The Morgan fingerprint density at radius 1 is 1.36 bits per heavy atom. The number of thioether (sulfide) groups is 1. The van der Waals surface area contributed by atoms with Crippen LogP contribution in [0.15, 0.2) is 18.3 Å². The molecule has 1 saturated heterocycles. The normalized spacial score (nSPS) is 16.4. The van der Waals surface area contributed by atoms with Gasteiger partial charge in [0.2, 0.25) is 0 Å². The van der Waals surface area contributed by atoms with Gasteiger partial charge in [-0.1, -0.05) is 0 Å². The van der Waals surface area contributed by atoms with Crippen LogP contribution in [-0.2, 0) is 0 Å². The molecular formula is C10H11N3S. The standard InChI is InChI=1S/C10H11N3S/c11-7-9-1-2-10(8-12-9)13-3-5-14-6-4-13/h1-2,8H,3-6H2. The highest BCUT2D eigenvalue weighted by molar-refractivity contribution is 7.99. The van der Waals surface area contributed by atoms with E-state index in [4.69, 9.17) is 5.26 Å². The van der Waals surface area contributed by atoms with Gasteiger partial charge < -0.3 is 4.90 Å². The molecule has 1 fully saturated rings. The van der Waals surface area contributed by atoms with Crippen LogP contribution in [0.2, 0.25) is 0 Å². The Morgan fingerprint density at radius 2 is 2.14 bits per heavy atom. The molecule has 0 bridgehead atoms. The maximum atomic E-state index is 8.61. The summed E-state index contributed by atoms with van der Waals surface area (Å²) in [5, 5.41) is 8.61. The first-order chi connectivity index (χ1) is 6.90. The largest absolute Gasteiger partial charge is 0.369 e. The number of pyridine rings is 1. The zero-order chi connectivity index (χ0) is 9.80. The van der Waals surface area contributed by atoms with Gasteiger partial charge in [0, 0.05) is 24.6 Å². The zero-order valence-electron chi connectivity index (χ0n) is 7.81. The molecule has 1 aromatic heterocycles. The van der Waals surface area contributed by atoms with E-state index in [9.17, 15) is 0 Å². The maximum absolute atomic E-state index is 8.61. The van der Waals surface area contributed by atoms with E-state index >= 15 is 0 Å². The molecule has 2 rings (SSSR count). The van der Waals surface area contributed by atoms with Crippen molar-refractivity contribution in [2.24, 2.45) is 0 Å². The van der Waals surface area contributed by atoms with Crippen LogP contribution in [-0.4, -0.2) is 29.6 Å². The second kappa shape index (κ2) is 4.34. The molecule has 2 heterocycles. The Labute approximate surface area is 87.7 Å². The molecule has 14 heavy (non-hydrogen) atoms. The number of hydrogen-bond acceptors (Lipinski definition) is 4. The molecule has 3 nitrogen and oxygen atoms in total. The predicted molar refractivity (Wildman–Crippen MR) is 58.5 cm³/mol. The summed E-state index contributed by atoms with van der Waals surface area (Å²) in [5.41, 5.74) is 1.62. The minimum atomic E-state index is 0.486. The fourth-order valence-corrected chi connectivity index (χ4v) is 2.36. The van der Waals surface area contributed by atoms with Gasteiger partial charge in [-0.2, -0.15) is 17.0 Å². The summed E-state index contributed by atoms with van der Waals surface area (Å²) < 4.78 is 0. The Morgan fingerprint density at radius 3 is 2.71 bits per heavy atom. The van der Waals surface area contributed by atoms with E-state index in [1.54, 1.807) is 12.3 Å². The van der Waals surface area contributed by atoms with Gasteiger partial charge in [-0.25, -0.2) is 4.98 Å². The smallest absolute Gasteiger partial charge is 0.140 e. The van der Waals surface area contributed by atoms with Gasteiger partial charge in [-0.05, 0) is 12.1 Å². The van der Waals surface area contributed by atoms with Crippen molar-refractivity contribution in [2.45, 2.75) is 0 Å². The van der Waals surface area contributed by atoms with Crippen molar-refractivity contribution in [3.05, 3.63) is 24.0 Å². The van der Waals surface area contributed by atoms with Gasteiger partial charge in [0.25, 0.3) is 0 Å². The molecule has 1 aliphatic rings. The lowest BCUT2D eigenvalue weighted by Gasteiger charge is -2.27. The molecule has 0 amide bonds. The van der Waals surface area contributed by atoms with Gasteiger partial charge in [0.15, 0.2) is 0 Å². The van der Waals surface area contributed by atoms with Crippen LogP contribution in [0.5, 0.6) is 0 Å². The van der Waals surface area contributed by atoms with Crippen molar-refractivity contribution < 1.29 is 0 Å². The zero-order valence-corrected chi connectivity index (χ0v) is 8.63. The molecule has 0 aliphatic carbocycles. The number of nitriles is 1.